The van der Waals surface area contributed by atoms with Crippen molar-refractivity contribution in [3.05, 3.63) is 22.7 Å². The van der Waals surface area contributed by atoms with E-state index in [1.165, 1.54) is 19.3 Å². The molecule has 1 aliphatic rings. The molecule has 0 spiro atoms. The standard InChI is InChI=1S/C15H23BrN2/c1-10-6-12(9-15(2,3)8-10)18-14-7-11(16)4-5-13(14)17/h4-5,7,10,12,18H,6,8-9,17H2,1-3H3. The lowest BCUT2D eigenvalue weighted by atomic mass is 9.70. The minimum absolute atomic E-state index is 0.427. The second-order valence-corrected chi connectivity index (χ2v) is 7.40. The van der Waals surface area contributed by atoms with E-state index in [4.69, 9.17) is 5.73 Å². The van der Waals surface area contributed by atoms with Crippen molar-refractivity contribution in [3.63, 3.8) is 0 Å². The van der Waals surface area contributed by atoms with Crippen LogP contribution in [0.5, 0.6) is 0 Å². The third-order valence-electron chi connectivity index (χ3n) is 3.76. The van der Waals surface area contributed by atoms with Crippen LogP contribution in [0, 0.1) is 11.3 Å². The van der Waals surface area contributed by atoms with E-state index in [9.17, 15) is 0 Å². The molecule has 0 bridgehead atoms. The number of hydrogen-bond acceptors (Lipinski definition) is 2. The van der Waals surface area contributed by atoms with Gasteiger partial charge < -0.3 is 11.1 Å². The maximum absolute atomic E-state index is 6.03. The molecule has 0 saturated heterocycles. The van der Waals surface area contributed by atoms with Gasteiger partial charge in [0.2, 0.25) is 0 Å². The van der Waals surface area contributed by atoms with Crippen LogP contribution in [0.1, 0.15) is 40.0 Å². The molecule has 18 heavy (non-hydrogen) atoms. The molecular formula is C15H23BrN2. The van der Waals surface area contributed by atoms with E-state index >= 15 is 0 Å². The molecule has 0 aliphatic heterocycles. The van der Waals surface area contributed by atoms with E-state index in [2.05, 4.69) is 48.1 Å². The number of nitrogens with one attached hydrogen (secondary N) is 1. The highest BCUT2D eigenvalue weighted by atomic mass is 79.9. The summed E-state index contributed by atoms with van der Waals surface area (Å²) in [6.07, 6.45) is 3.76. The van der Waals surface area contributed by atoms with Crippen molar-refractivity contribution >= 4 is 27.3 Å². The minimum Gasteiger partial charge on any atom is -0.397 e. The maximum atomic E-state index is 6.03. The van der Waals surface area contributed by atoms with E-state index in [1.807, 2.05) is 12.1 Å². The number of nitrogens with two attached hydrogens (primary N) is 1. The Morgan fingerprint density at radius 3 is 2.72 bits per heavy atom. The number of rotatable bonds is 2. The Bertz CT molecular complexity index is 429. The number of hydrogen-bond donors (Lipinski definition) is 2. The van der Waals surface area contributed by atoms with E-state index in [-0.39, 0.29) is 0 Å². The van der Waals surface area contributed by atoms with Gasteiger partial charge in [-0.25, -0.2) is 0 Å². The van der Waals surface area contributed by atoms with Gasteiger partial charge in [-0.15, -0.1) is 0 Å². The zero-order valence-electron chi connectivity index (χ0n) is 11.5. The molecule has 3 N–H and O–H groups in total. The second-order valence-electron chi connectivity index (χ2n) is 6.49. The first-order valence-corrected chi connectivity index (χ1v) is 7.46. The molecule has 1 aromatic carbocycles. The molecular weight excluding hydrogens is 288 g/mol. The summed E-state index contributed by atoms with van der Waals surface area (Å²) < 4.78 is 1.07. The molecule has 0 heterocycles. The van der Waals surface area contributed by atoms with Crippen molar-refractivity contribution in [2.45, 2.75) is 46.1 Å². The average Bonchev–Trinajstić information content (AvgIpc) is 2.20. The lowest BCUT2D eigenvalue weighted by Gasteiger charge is -2.39. The zero-order valence-corrected chi connectivity index (χ0v) is 13.0. The minimum atomic E-state index is 0.427. The predicted molar refractivity (Wildman–Crippen MR) is 82.8 cm³/mol. The van der Waals surface area contributed by atoms with Crippen LogP contribution in [-0.2, 0) is 0 Å². The number of nitrogen functional groups attached to an aromatic ring is 1. The molecule has 0 radical (unpaired) electrons. The van der Waals surface area contributed by atoms with Crippen molar-refractivity contribution in [1.29, 1.82) is 0 Å². The summed E-state index contributed by atoms with van der Waals surface area (Å²) in [5, 5.41) is 3.62. The Morgan fingerprint density at radius 1 is 1.33 bits per heavy atom. The first-order chi connectivity index (χ1) is 8.35. The molecule has 2 unspecified atom stereocenters. The third-order valence-corrected chi connectivity index (χ3v) is 4.26. The molecule has 1 saturated carbocycles. The van der Waals surface area contributed by atoms with Crippen molar-refractivity contribution in [2.75, 3.05) is 11.1 Å². The van der Waals surface area contributed by atoms with Crippen LogP contribution >= 0.6 is 15.9 Å². The summed E-state index contributed by atoms with van der Waals surface area (Å²) in [4.78, 5) is 0. The average molecular weight is 311 g/mol. The normalized spacial score (nSPS) is 26.9. The molecule has 3 heteroatoms. The van der Waals surface area contributed by atoms with Crippen molar-refractivity contribution < 1.29 is 0 Å². The van der Waals surface area contributed by atoms with E-state index in [0.29, 0.717) is 11.5 Å². The molecule has 2 rings (SSSR count). The number of benzene rings is 1. The highest BCUT2D eigenvalue weighted by molar-refractivity contribution is 9.10. The van der Waals surface area contributed by atoms with Crippen LogP contribution in [0.3, 0.4) is 0 Å². The summed E-state index contributed by atoms with van der Waals surface area (Å²) in [6.45, 7) is 7.07. The van der Waals surface area contributed by atoms with Gasteiger partial charge in [-0.3, -0.25) is 0 Å². The highest BCUT2D eigenvalue weighted by Gasteiger charge is 2.32. The lowest BCUT2D eigenvalue weighted by molar-refractivity contribution is 0.178. The summed E-state index contributed by atoms with van der Waals surface area (Å²) >= 11 is 3.50. The quantitative estimate of drug-likeness (QED) is 0.780. The van der Waals surface area contributed by atoms with Crippen LogP contribution in [0.15, 0.2) is 22.7 Å². The topological polar surface area (TPSA) is 38.0 Å². The number of halogens is 1. The summed E-state index contributed by atoms with van der Waals surface area (Å²) in [5.74, 6) is 0.777. The van der Waals surface area contributed by atoms with E-state index < -0.39 is 0 Å². The first kappa shape index (κ1) is 13.7. The lowest BCUT2D eigenvalue weighted by Crippen LogP contribution is -2.35. The first-order valence-electron chi connectivity index (χ1n) is 6.67. The van der Waals surface area contributed by atoms with Gasteiger partial charge in [0, 0.05) is 10.5 Å². The largest absolute Gasteiger partial charge is 0.397 e. The van der Waals surface area contributed by atoms with Crippen molar-refractivity contribution in [1.82, 2.24) is 0 Å². The fourth-order valence-electron chi connectivity index (χ4n) is 3.33. The third kappa shape index (κ3) is 3.41. The van der Waals surface area contributed by atoms with Crippen LogP contribution in [0.4, 0.5) is 11.4 Å². The SMILES string of the molecule is CC1CC(Nc2cc(Br)ccc2N)CC(C)(C)C1. The monoisotopic (exact) mass is 310 g/mol. The van der Waals surface area contributed by atoms with Crippen LogP contribution in [-0.4, -0.2) is 6.04 Å². The van der Waals surface area contributed by atoms with Gasteiger partial charge in [0.05, 0.1) is 11.4 Å². The number of anilines is 2. The fraction of sp³-hybridized carbons (Fsp3) is 0.600. The molecule has 0 amide bonds. The van der Waals surface area contributed by atoms with E-state index in [1.54, 1.807) is 0 Å². The Labute approximate surface area is 118 Å². The molecule has 2 atom stereocenters. The molecule has 100 valence electrons. The van der Waals surface area contributed by atoms with Gasteiger partial charge in [-0.1, -0.05) is 36.7 Å². The van der Waals surface area contributed by atoms with Crippen molar-refractivity contribution in [3.8, 4) is 0 Å². The van der Waals surface area contributed by atoms with Gasteiger partial charge in [-0.05, 0) is 48.8 Å². The van der Waals surface area contributed by atoms with Crippen LogP contribution in [0.2, 0.25) is 0 Å². The van der Waals surface area contributed by atoms with Crippen LogP contribution in [0.25, 0.3) is 0 Å². The highest BCUT2D eigenvalue weighted by Crippen LogP contribution is 2.40. The van der Waals surface area contributed by atoms with Gasteiger partial charge in [0.15, 0.2) is 0 Å². The summed E-state index contributed by atoms with van der Waals surface area (Å²) in [5.41, 5.74) is 8.34. The van der Waals surface area contributed by atoms with Gasteiger partial charge >= 0.3 is 0 Å². The summed E-state index contributed by atoms with van der Waals surface area (Å²) in [7, 11) is 0. The van der Waals surface area contributed by atoms with Crippen molar-refractivity contribution in [2.24, 2.45) is 11.3 Å². The predicted octanol–water partition coefficient (Wildman–Crippen LogP) is 4.66. The van der Waals surface area contributed by atoms with Gasteiger partial charge in [-0.2, -0.15) is 0 Å². The Hall–Kier alpha value is -0.700. The zero-order chi connectivity index (χ0) is 13.3. The maximum Gasteiger partial charge on any atom is 0.0587 e. The second kappa shape index (κ2) is 5.12. The molecule has 1 aromatic rings. The molecule has 0 aromatic heterocycles. The van der Waals surface area contributed by atoms with Crippen LogP contribution < -0.4 is 11.1 Å². The smallest absolute Gasteiger partial charge is 0.0587 e. The Balaban J connectivity index is 2.11. The summed E-state index contributed by atoms with van der Waals surface area (Å²) in [6, 6.07) is 6.53. The van der Waals surface area contributed by atoms with Gasteiger partial charge in [0.25, 0.3) is 0 Å². The Kier molecular flexibility index (Phi) is 3.90. The fourth-order valence-corrected chi connectivity index (χ4v) is 3.69. The van der Waals surface area contributed by atoms with Gasteiger partial charge in [0.1, 0.15) is 0 Å². The molecule has 2 nitrogen and oxygen atoms in total. The molecule has 1 aliphatic carbocycles. The Morgan fingerprint density at radius 2 is 2.06 bits per heavy atom. The van der Waals surface area contributed by atoms with E-state index in [0.717, 1.165) is 21.8 Å². The molecule has 1 fully saturated rings.